The summed E-state index contributed by atoms with van der Waals surface area (Å²) in [5, 5.41) is 13.3. The van der Waals surface area contributed by atoms with Gasteiger partial charge in [-0.25, -0.2) is 0 Å². The van der Waals surface area contributed by atoms with E-state index in [0.29, 0.717) is 23.8 Å². The number of Topliss-reactive ketones (excluding diaryl/α,β-unsaturated/α-hetero) is 1. The summed E-state index contributed by atoms with van der Waals surface area (Å²) in [6.07, 6.45) is 0. The van der Waals surface area contributed by atoms with Crippen LogP contribution in [0.4, 0.5) is 0 Å². The van der Waals surface area contributed by atoms with E-state index in [0.717, 1.165) is 16.3 Å². The molecule has 1 heterocycles. The van der Waals surface area contributed by atoms with Crippen molar-refractivity contribution in [2.75, 3.05) is 26.9 Å². The molecule has 176 valence electrons. The Morgan fingerprint density at radius 1 is 1.03 bits per heavy atom. The summed E-state index contributed by atoms with van der Waals surface area (Å²) >= 11 is 0. The van der Waals surface area contributed by atoms with Gasteiger partial charge in [0.2, 0.25) is 0 Å². The van der Waals surface area contributed by atoms with E-state index in [1.807, 2.05) is 42.5 Å². The molecule has 0 aromatic heterocycles. The first-order valence-corrected chi connectivity index (χ1v) is 11.4. The van der Waals surface area contributed by atoms with E-state index in [9.17, 15) is 14.7 Å². The van der Waals surface area contributed by atoms with Gasteiger partial charge >= 0.3 is 0 Å². The van der Waals surface area contributed by atoms with Gasteiger partial charge in [-0.05, 0) is 34.4 Å². The molecule has 1 fully saturated rings. The summed E-state index contributed by atoms with van der Waals surface area (Å²) < 4.78 is 11.0. The number of carbonyl (C=O) groups excluding carboxylic acids is 2. The van der Waals surface area contributed by atoms with Gasteiger partial charge in [0.1, 0.15) is 11.5 Å². The summed E-state index contributed by atoms with van der Waals surface area (Å²) in [6, 6.07) is 19.8. The monoisotopic (exact) mass is 459 g/mol. The minimum absolute atomic E-state index is 0.0680. The van der Waals surface area contributed by atoms with E-state index in [1.54, 1.807) is 31.4 Å². The van der Waals surface area contributed by atoms with Crippen molar-refractivity contribution >= 4 is 28.2 Å². The van der Waals surface area contributed by atoms with Crippen molar-refractivity contribution < 1.29 is 24.2 Å². The molecular formula is C28H29NO5. The van der Waals surface area contributed by atoms with Gasteiger partial charge < -0.3 is 19.5 Å². The van der Waals surface area contributed by atoms with E-state index < -0.39 is 17.7 Å². The Kier molecular flexibility index (Phi) is 6.98. The highest BCUT2D eigenvalue weighted by Crippen LogP contribution is 2.42. The Hall–Kier alpha value is -3.64. The molecule has 0 radical (unpaired) electrons. The third kappa shape index (κ3) is 4.54. The smallest absolute Gasteiger partial charge is 0.295 e. The third-order valence-electron chi connectivity index (χ3n) is 5.89. The predicted octanol–water partition coefficient (Wildman–Crippen LogP) is 4.94. The summed E-state index contributed by atoms with van der Waals surface area (Å²) in [5.74, 6) is -0.641. The highest BCUT2D eigenvalue weighted by molar-refractivity contribution is 6.46. The molecule has 1 aliphatic heterocycles. The van der Waals surface area contributed by atoms with Crippen molar-refractivity contribution in [1.29, 1.82) is 0 Å². The fourth-order valence-corrected chi connectivity index (χ4v) is 4.26. The molecule has 1 unspecified atom stereocenters. The van der Waals surface area contributed by atoms with Crippen molar-refractivity contribution in [2.45, 2.75) is 19.9 Å². The van der Waals surface area contributed by atoms with Gasteiger partial charge in [-0.1, -0.05) is 68.4 Å². The topological polar surface area (TPSA) is 76.1 Å². The average molecular weight is 460 g/mol. The number of ketones is 1. The van der Waals surface area contributed by atoms with Gasteiger partial charge in [-0.2, -0.15) is 0 Å². The molecule has 4 rings (SSSR count). The quantitative estimate of drug-likeness (QED) is 0.293. The van der Waals surface area contributed by atoms with Crippen LogP contribution in [0.2, 0.25) is 0 Å². The van der Waals surface area contributed by atoms with Gasteiger partial charge in [0.05, 0.1) is 24.8 Å². The maximum absolute atomic E-state index is 13.2. The molecule has 6 nitrogen and oxygen atoms in total. The van der Waals surface area contributed by atoms with Crippen LogP contribution in [-0.4, -0.2) is 48.6 Å². The number of carbonyl (C=O) groups is 2. The van der Waals surface area contributed by atoms with Gasteiger partial charge in [-0.15, -0.1) is 0 Å². The molecule has 0 spiro atoms. The van der Waals surface area contributed by atoms with Gasteiger partial charge in [0.25, 0.3) is 11.7 Å². The molecule has 1 saturated heterocycles. The molecule has 0 saturated carbocycles. The predicted molar refractivity (Wildman–Crippen MR) is 132 cm³/mol. The second kappa shape index (κ2) is 10.1. The maximum Gasteiger partial charge on any atom is 0.295 e. The molecule has 1 amide bonds. The van der Waals surface area contributed by atoms with Crippen molar-refractivity contribution in [1.82, 2.24) is 4.90 Å². The summed E-state index contributed by atoms with van der Waals surface area (Å²) in [6.45, 7) is 5.13. The Morgan fingerprint density at radius 2 is 1.76 bits per heavy atom. The van der Waals surface area contributed by atoms with Crippen LogP contribution in [0.1, 0.15) is 31.0 Å². The number of methoxy groups -OCH3 is 1. The number of benzene rings is 3. The first kappa shape index (κ1) is 23.5. The Labute approximate surface area is 199 Å². The summed E-state index contributed by atoms with van der Waals surface area (Å²) in [7, 11) is 1.55. The van der Waals surface area contributed by atoms with E-state index in [4.69, 9.17) is 9.47 Å². The minimum atomic E-state index is -0.735. The van der Waals surface area contributed by atoms with Crippen molar-refractivity contribution in [3.05, 3.63) is 83.4 Å². The summed E-state index contributed by atoms with van der Waals surface area (Å²) in [5.41, 5.74) is 1.27. The largest absolute Gasteiger partial charge is 0.507 e. The molecule has 0 aliphatic carbocycles. The van der Waals surface area contributed by atoms with Crippen molar-refractivity contribution in [3.8, 4) is 5.75 Å². The number of hydrogen-bond acceptors (Lipinski definition) is 5. The highest BCUT2D eigenvalue weighted by Gasteiger charge is 2.46. The highest BCUT2D eigenvalue weighted by atomic mass is 16.5. The lowest BCUT2D eigenvalue weighted by atomic mass is 9.91. The number of likely N-dealkylation sites (tertiary alicyclic amines) is 1. The van der Waals surface area contributed by atoms with Crippen LogP contribution >= 0.6 is 0 Å². The van der Waals surface area contributed by atoms with Crippen LogP contribution < -0.4 is 4.74 Å². The van der Waals surface area contributed by atoms with Crippen LogP contribution in [0.3, 0.4) is 0 Å². The van der Waals surface area contributed by atoms with Crippen LogP contribution in [0.15, 0.2) is 72.3 Å². The lowest BCUT2D eigenvalue weighted by molar-refractivity contribution is -0.140. The second-order valence-corrected chi connectivity index (χ2v) is 8.79. The maximum atomic E-state index is 13.2. The van der Waals surface area contributed by atoms with Crippen LogP contribution in [0.25, 0.3) is 16.5 Å². The SMILES string of the molecule is COCCN1C(=O)C(=O)/C(=C(\O)c2cccc(OCC(C)C)c2)C1c1cccc2ccccc12. The van der Waals surface area contributed by atoms with E-state index in [-0.39, 0.29) is 24.5 Å². The van der Waals surface area contributed by atoms with Crippen LogP contribution in [-0.2, 0) is 14.3 Å². The van der Waals surface area contributed by atoms with Crippen molar-refractivity contribution in [2.24, 2.45) is 5.92 Å². The fraction of sp³-hybridized carbons (Fsp3) is 0.286. The average Bonchev–Trinajstić information content (AvgIpc) is 3.10. The van der Waals surface area contributed by atoms with E-state index in [2.05, 4.69) is 13.8 Å². The van der Waals surface area contributed by atoms with Crippen molar-refractivity contribution in [3.63, 3.8) is 0 Å². The second-order valence-electron chi connectivity index (χ2n) is 8.79. The number of fused-ring (bicyclic) bond motifs is 1. The van der Waals surface area contributed by atoms with Gasteiger partial charge in [0, 0.05) is 19.2 Å². The first-order chi connectivity index (χ1) is 16.4. The Bertz CT molecular complexity index is 1240. The number of amides is 1. The number of aliphatic hydroxyl groups excluding tert-OH is 1. The summed E-state index contributed by atoms with van der Waals surface area (Å²) in [4.78, 5) is 27.8. The molecule has 3 aromatic carbocycles. The Morgan fingerprint density at radius 3 is 2.53 bits per heavy atom. The zero-order valence-corrected chi connectivity index (χ0v) is 19.7. The molecule has 0 bridgehead atoms. The molecule has 6 heteroatoms. The number of aliphatic hydroxyl groups is 1. The van der Waals surface area contributed by atoms with E-state index >= 15 is 0 Å². The normalized spacial score (nSPS) is 17.6. The molecule has 1 aliphatic rings. The van der Waals surface area contributed by atoms with Crippen LogP contribution in [0.5, 0.6) is 5.75 Å². The zero-order valence-electron chi connectivity index (χ0n) is 19.7. The van der Waals surface area contributed by atoms with Gasteiger partial charge in [0.15, 0.2) is 0 Å². The first-order valence-electron chi connectivity index (χ1n) is 11.4. The third-order valence-corrected chi connectivity index (χ3v) is 5.89. The lowest BCUT2D eigenvalue weighted by Gasteiger charge is -2.26. The fourth-order valence-electron chi connectivity index (χ4n) is 4.26. The number of ether oxygens (including phenoxy) is 2. The zero-order chi connectivity index (χ0) is 24.2. The van der Waals surface area contributed by atoms with E-state index in [1.165, 1.54) is 4.90 Å². The number of nitrogens with zero attached hydrogens (tertiary/aromatic N) is 1. The number of hydrogen-bond donors (Lipinski definition) is 1. The number of rotatable bonds is 8. The molecule has 1 atom stereocenters. The molecule has 3 aromatic rings. The lowest BCUT2D eigenvalue weighted by Crippen LogP contribution is -2.32. The molecule has 34 heavy (non-hydrogen) atoms. The van der Waals surface area contributed by atoms with Crippen LogP contribution in [0, 0.1) is 5.92 Å². The van der Waals surface area contributed by atoms with Gasteiger partial charge in [-0.3, -0.25) is 9.59 Å². The Balaban J connectivity index is 1.87. The minimum Gasteiger partial charge on any atom is -0.507 e. The molecular weight excluding hydrogens is 430 g/mol. The standard InChI is InChI=1S/C28H29NO5/c1-18(2)17-34-21-11-6-10-20(16-21)26(30)24-25(29(14-15-33-3)28(32)27(24)31)23-13-7-9-19-8-4-5-12-22(19)23/h4-13,16,18,25,30H,14-15,17H2,1-3H3/b26-24-. The molecule has 1 N–H and O–H groups in total.